The van der Waals surface area contributed by atoms with Crippen LogP contribution in [0.5, 0.6) is 5.75 Å². The lowest BCUT2D eigenvalue weighted by Crippen LogP contribution is -2.20. The molecule has 33 heavy (non-hydrogen) atoms. The summed E-state index contributed by atoms with van der Waals surface area (Å²) in [5, 5.41) is 2.99. The van der Waals surface area contributed by atoms with E-state index in [0.29, 0.717) is 17.4 Å². The van der Waals surface area contributed by atoms with Crippen molar-refractivity contribution in [3.05, 3.63) is 69.6 Å². The number of thioether (sulfide) groups is 1. The number of carbonyl (C=O) groups is 1. The van der Waals surface area contributed by atoms with Crippen LogP contribution in [0.1, 0.15) is 25.3 Å². The maximum atomic E-state index is 12.8. The van der Waals surface area contributed by atoms with Crippen LogP contribution in [-0.4, -0.2) is 37.2 Å². The van der Waals surface area contributed by atoms with E-state index in [2.05, 4.69) is 29.1 Å². The van der Waals surface area contributed by atoms with E-state index >= 15 is 0 Å². The molecule has 1 amide bonds. The van der Waals surface area contributed by atoms with E-state index in [4.69, 9.17) is 16.3 Å². The molecule has 11 heteroatoms. The van der Waals surface area contributed by atoms with E-state index in [9.17, 15) is 18.0 Å². The maximum absolute atomic E-state index is 12.8. The number of amides is 1. The molecule has 0 radical (unpaired) electrons. The van der Waals surface area contributed by atoms with E-state index in [0.717, 1.165) is 23.5 Å². The molecule has 0 saturated heterocycles. The summed E-state index contributed by atoms with van der Waals surface area (Å²) in [4.78, 5) is 30.4. The summed E-state index contributed by atoms with van der Waals surface area (Å²) in [5.41, 5.74) is 0.978. The molecule has 8 nitrogen and oxygen atoms in total. The molecule has 2 aromatic carbocycles. The summed E-state index contributed by atoms with van der Waals surface area (Å²) in [6.07, 6.45) is 0.969. The van der Waals surface area contributed by atoms with Crippen LogP contribution in [0.4, 0.5) is 5.69 Å². The van der Waals surface area contributed by atoms with Crippen molar-refractivity contribution in [2.45, 2.75) is 34.7 Å². The van der Waals surface area contributed by atoms with Crippen molar-refractivity contribution in [2.24, 2.45) is 0 Å². The molecule has 0 aliphatic carbocycles. The number of halogens is 1. The first-order chi connectivity index (χ1) is 15.6. The Morgan fingerprint density at radius 1 is 1.21 bits per heavy atom. The third kappa shape index (κ3) is 5.95. The SMILES string of the molecule is COc1ccc(S(=O)(=O)c2cnc(SCC(=O)Nc3ccc(C(C)C)cc3)[nH]c2=O)cc1Cl. The maximum Gasteiger partial charge on any atom is 0.270 e. The van der Waals surface area contributed by atoms with Gasteiger partial charge in [0.1, 0.15) is 5.75 Å². The minimum Gasteiger partial charge on any atom is -0.495 e. The highest BCUT2D eigenvalue weighted by Gasteiger charge is 2.23. The number of hydrogen-bond acceptors (Lipinski definition) is 7. The largest absolute Gasteiger partial charge is 0.495 e. The number of nitrogens with zero attached hydrogens (tertiary/aromatic N) is 1. The minimum atomic E-state index is -4.15. The number of H-pyrrole nitrogens is 1. The van der Waals surface area contributed by atoms with Gasteiger partial charge in [-0.2, -0.15) is 0 Å². The smallest absolute Gasteiger partial charge is 0.270 e. The fraction of sp³-hybridized carbons (Fsp3) is 0.227. The topological polar surface area (TPSA) is 118 Å². The number of hydrogen-bond donors (Lipinski definition) is 2. The lowest BCUT2D eigenvalue weighted by atomic mass is 10.0. The van der Waals surface area contributed by atoms with E-state index in [1.807, 2.05) is 24.3 Å². The molecule has 0 fully saturated rings. The van der Waals surface area contributed by atoms with Gasteiger partial charge in [0.15, 0.2) is 10.1 Å². The van der Waals surface area contributed by atoms with Gasteiger partial charge >= 0.3 is 0 Å². The molecule has 1 aromatic heterocycles. The van der Waals surface area contributed by atoms with Gasteiger partial charge in [-0.1, -0.05) is 49.3 Å². The number of methoxy groups -OCH3 is 1. The number of benzene rings is 2. The number of aromatic nitrogens is 2. The lowest BCUT2D eigenvalue weighted by molar-refractivity contribution is -0.113. The summed E-state index contributed by atoms with van der Waals surface area (Å²) < 4.78 is 30.7. The molecule has 0 atom stereocenters. The average Bonchev–Trinajstić information content (AvgIpc) is 2.77. The number of anilines is 1. The molecule has 0 bridgehead atoms. The van der Waals surface area contributed by atoms with Crippen LogP contribution < -0.4 is 15.6 Å². The van der Waals surface area contributed by atoms with Crippen molar-refractivity contribution in [3.8, 4) is 5.75 Å². The molecule has 0 saturated carbocycles. The van der Waals surface area contributed by atoms with Gasteiger partial charge in [-0.3, -0.25) is 9.59 Å². The zero-order chi connectivity index (χ0) is 24.2. The molecular formula is C22H22ClN3O5S2. The average molecular weight is 508 g/mol. The monoisotopic (exact) mass is 507 g/mol. The minimum absolute atomic E-state index is 0.0188. The number of nitrogens with one attached hydrogen (secondary N) is 2. The van der Waals surface area contributed by atoms with Crippen molar-refractivity contribution < 1.29 is 17.9 Å². The summed E-state index contributed by atoms with van der Waals surface area (Å²) in [6.45, 7) is 4.17. The van der Waals surface area contributed by atoms with Crippen molar-refractivity contribution in [1.29, 1.82) is 0 Å². The third-order valence-corrected chi connectivity index (χ3v) is 7.59. The molecular weight excluding hydrogens is 486 g/mol. The van der Waals surface area contributed by atoms with Gasteiger partial charge in [-0.05, 0) is 41.8 Å². The zero-order valence-electron chi connectivity index (χ0n) is 18.1. The van der Waals surface area contributed by atoms with E-state index in [1.165, 1.54) is 25.3 Å². The van der Waals surface area contributed by atoms with Crippen LogP contribution in [0, 0.1) is 0 Å². The van der Waals surface area contributed by atoms with Crippen molar-refractivity contribution >= 4 is 44.8 Å². The first kappa shape index (κ1) is 24.8. The molecule has 0 aliphatic heterocycles. The second-order valence-electron chi connectivity index (χ2n) is 7.30. The van der Waals surface area contributed by atoms with Gasteiger partial charge in [0.25, 0.3) is 5.56 Å². The Morgan fingerprint density at radius 3 is 2.48 bits per heavy atom. The standard InChI is InChI=1S/C22H22ClN3O5S2/c1-13(2)14-4-6-15(7-5-14)25-20(27)12-32-22-24-11-19(21(28)26-22)33(29,30)16-8-9-18(31-3)17(23)10-16/h4-11,13H,12H2,1-3H3,(H,25,27)(H,24,26,28). The Morgan fingerprint density at radius 2 is 1.91 bits per heavy atom. The van der Waals surface area contributed by atoms with Crippen molar-refractivity contribution in [2.75, 3.05) is 18.2 Å². The number of aromatic amines is 1. The quantitative estimate of drug-likeness (QED) is 0.347. The summed E-state index contributed by atoms with van der Waals surface area (Å²) in [5.74, 6) is 0.393. The van der Waals surface area contributed by atoms with Crippen LogP contribution in [0.15, 0.2) is 68.4 Å². The molecule has 0 aliphatic rings. The first-order valence-electron chi connectivity index (χ1n) is 9.82. The van der Waals surface area contributed by atoms with Crippen molar-refractivity contribution in [1.82, 2.24) is 9.97 Å². The fourth-order valence-electron chi connectivity index (χ4n) is 2.86. The normalized spacial score (nSPS) is 11.4. The third-order valence-electron chi connectivity index (χ3n) is 4.67. The molecule has 174 valence electrons. The first-order valence-corrected chi connectivity index (χ1v) is 12.7. The highest BCUT2D eigenvalue weighted by molar-refractivity contribution is 7.99. The van der Waals surface area contributed by atoms with E-state index < -0.39 is 20.3 Å². The second kappa shape index (κ2) is 10.4. The molecule has 3 rings (SSSR count). The van der Waals surface area contributed by atoms with Gasteiger partial charge in [0.05, 0.1) is 29.0 Å². The number of carbonyl (C=O) groups excluding carboxylic acids is 1. The van der Waals surface area contributed by atoms with Crippen LogP contribution in [0.25, 0.3) is 0 Å². The van der Waals surface area contributed by atoms with Crippen molar-refractivity contribution in [3.63, 3.8) is 0 Å². The summed E-state index contributed by atoms with van der Waals surface area (Å²) in [7, 11) is -2.74. The Hall–Kier alpha value is -2.82. The fourth-order valence-corrected chi connectivity index (χ4v) is 5.07. The molecule has 3 aromatic rings. The van der Waals surface area contributed by atoms with E-state index in [-0.39, 0.29) is 26.7 Å². The molecule has 2 N–H and O–H groups in total. The van der Waals surface area contributed by atoms with Crippen LogP contribution >= 0.6 is 23.4 Å². The predicted molar refractivity (Wildman–Crippen MR) is 128 cm³/mol. The van der Waals surface area contributed by atoms with Gasteiger partial charge in [-0.15, -0.1) is 0 Å². The Bertz CT molecular complexity index is 1320. The lowest BCUT2D eigenvalue weighted by Gasteiger charge is -2.09. The summed E-state index contributed by atoms with van der Waals surface area (Å²) >= 11 is 6.99. The Labute approximate surface area is 200 Å². The summed E-state index contributed by atoms with van der Waals surface area (Å²) in [6, 6.07) is 11.4. The van der Waals surface area contributed by atoms with Gasteiger partial charge in [-0.25, -0.2) is 13.4 Å². The zero-order valence-corrected chi connectivity index (χ0v) is 20.5. The number of sulfone groups is 1. The van der Waals surface area contributed by atoms with Crippen LogP contribution in [-0.2, 0) is 14.6 Å². The highest BCUT2D eigenvalue weighted by Crippen LogP contribution is 2.29. The molecule has 1 heterocycles. The van der Waals surface area contributed by atoms with Crippen LogP contribution in [0.3, 0.4) is 0 Å². The van der Waals surface area contributed by atoms with Gasteiger partial charge < -0.3 is 15.0 Å². The van der Waals surface area contributed by atoms with Gasteiger partial charge in [0.2, 0.25) is 15.7 Å². The van der Waals surface area contributed by atoms with E-state index in [1.54, 1.807) is 0 Å². The molecule has 0 unspecified atom stereocenters. The Balaban J connectivity index is 1.68. The molecule has 0 spiro atoms. The second-order valence-corrected chi connectivity index (χ2v) is 10.6. The Kier molecular flexibility index (Phi) is 7.83. The van der Waals surface area contributed by atoms with Crippen LogP contribution in [0.2, 0.25) is 5.02 Å². The number of ether oxygens (including phenoxy) is 1. The predicted octanol–water partition coefficient (Wildman–Crippen LogP) is 4.12. The highest BCUT2D eigenvalue weighted by atomic mass is 35.5. The number of rotatable bonds is 8. The van der Waals surface area contributed by atoms with Gasteiger partial charge in [0, 0.05) is 5.69 Å².